The Balaban J connectivity index is 1.55. The summed E-state index contributed by atoms with van der Waals surface area (Å²) < 4.78 is 5.22. The Bertz CT molecular complexity index is 961. The molecule has 144 valence electrons. The molecule has 3 aromatic rings. The number of nitrogens with zero attached hydrogens (tertiary/aromatic N) is 2. The SMILES string of the molecule is COc1cccc(CCNc2cnc(C(=O)Nc3cccc(Cl)c3C)cn2)c1. The minimum absolute atomic E-state index is 0.234. The van der Waals surface area contributed by atoms with Crippen LogP contribution < -0.4 is 15.4 Å². The zero-order chi connectivity index (χ0) is 19.9. The number of rotatable bonds is 7. The van der Waals surface area contributed by atoms with Gasteiger partial charge in [-0.15, -0.1) is 0 Å². The van der Waals surface area contributed by atoms with Crippen molar-refractivity contribution in [3.63, 3.8) is 0 Å². The zero-order valence-corrected chi connectivity index (χ0v) is 16.5. The van der Waals surface area contributed by atoms with E-state index in [9.17, 15) is 4.79 Å². The number of hydrogen-bond acceptors (Lipinski definition) is 5. The van der Waals surface area contributed by atoms with Gasteiger partial charge >= 0.3 is 0 Å². The number of nitrogens with one attached hydrogen (secondary N) is 2. The van der Waals surface area contributed by atoms with Crippen LogP contribution in [0.5, 0.6) is 5.75 Å². The van der Waals surface area contributed by atoms with Gasteiger partial charge in [0.1, 0.15) is 17.3 Å². The number of carbonyl (C=O) groups excluding carboxylic acids is 1. The second kappa shape index (κ2) is 9.19. The van der Waals surface area contributed by atoms with E-state index in [1.54, 1.807) is 31.5 Å². The van der Waals surface area contributed by atoms with Crippen LogP contribution in [0, 0.1) is 6.92 Å². The van der Waals surface area contributed by atoms with Gasteiger partial charge in [-0.2, -0.15) is 0 Å². The first-order valence-corrected chi connectivity index (χ1v) is 9.20. The summed E-state index contributed by atoms with van der Waals surface area (Å²) >= 11 is 6.08. The number of methoxy groups -OCH3 is 1. The average Bonchev–Trinajstić information content (AvgIpc) is 2.72. The lowest BCUT2D eigenvalue weighted by Gasteiger charge is -2.10. The molecule has 0 radical (unpaired) electrons. The van der Waals surface area contributed by atoms with E-state index < -0.39 is 0 Å². The van der Waals surface area contributed by atoms with Crippen molar-refractivity contribution in [1.82, 2.24) is 9.97 Å². The second-order valence-electron chi connectivity index (χ2n) is 6.18. The minimum atomic E-state index is -0.333. The highest BCUT2D eigenvalue weighted by Crippen LogP contribution is 2.23. The lowest BCUT2D eigenvalue weighted by Crippen LogP contribution is -2.15. The van der Waals surface area contributed by atoms with Gasteiger partial charge < -0.3 is 15.4 Å². The number of hydrogen-bond donors (Lipinski definition) is 2. The molecule has 0 spiro atoms. The first kappa shape index (κ1) is 19.6. The van der Waals surface area contributed by atoms with Gasteiger partial charge in [-0.1, -0.05) is 29.8 Å². The van der Waals surface area contributed by atoms with Crippen molar-refractivity contribution in [3.8, 4) is 5.75 Å². The van der Waals surface area contributed by atoms with Crippen LogP contribution in [-0.2, 0) is 6.42 Å². The van der Waals surface area contributed by atoms with Crippen molar-refractivity contribution in [2.45, 2.75) is 13.3 Å². The topological polar surface area (TPSA) is 76.1 Å². The molecular formula is C21H21ClN4O2. The molecule has 0 bridgehead atoms. The fourth-order valence-electron chi connectivity index (χ4n) is 2.63. The Kier molecular flexibility index (Phi) is 6.45. The van der Waals surface area contributed by atoms with Crippen molar-refractivity contribution in [2.75, 3.05) is 24.3 Å². The summed E-state index contributed by atoms with van der Waals surface area (Å²) in [5.41, 5.74) is 2.85. The summed E-state index contributed by atoms with van der Waals surface area (Å²) in [5, 5.41) is 6.60. The maximum atomic E-state index is 12.4. The van der Waals surface area contributed by atoms with Crippen molar-refractivity contribution >= 4 is 29.0 Å². The molecule has 0 aliphatic heterocycles. The molecule has 0 aliphatic rings. The Morgan fingerprint density at radius 3 is 2.71 bits per heavy atom. The van der Waals surface area contributed by atoms with Gasteiger partial charge in [0.15, 0.2) is 0 Å². The molecular weight excluding hydrogens is 376 g/mol. The molecule has 7 heteroatoms. The van der Waals surface area contributed by atoms with Crippen LogP contribution in [0.1, 0.15) is 21.6 Å². The number of ether oxygens (including phenoxy) is 1. The number of halogens is 1. The third-order valence-corrected chi connectivity index (χ3v) is 4.66. The third-order valence-electron chi connectivity index (χ3n) is 4.25. The van der Waals surface area contributed by atoms with Crippen LogP contribution in [-0.4, -0.2) is 29.5 Å². The number of benzene rings is 2. The summed E-state index contributed by atoms with van der Waals surface area (Å²) in [6, 6.07) is 13.3. The van der Waals surface area contributed by atoms with Gasteiger partial charge in [-0.3, -0.25) is 4.79 Å². The molecule has 1 heterocycles. The van der Waals surface area contributed by atoms with E-state index >= 15 is 0 Å². The molecule has 28 heavy (non-hydrogen) atoms. The lowest BCUT2D eigenvalue weighted by atomic mass is 10.1. The quantitative estimate of drug-likeness (QED) is 0.620. The van der Waals surface area contributed by atoms with E-state index in [0.717, 1.165) is 23.3 Å². The summed E-state index contributed by atoms with van der Waals surface area (Å²) in [6.07, 6.45) is 3.81. The molecule has 6 nitrogen and oxygen atoms in total. The van der Waals surface area contributed by atoms with Gasteiger partial charge in [0.2, 0.25) is 0 Å². The highest BCUT2D eigenvalue weighted by molar-refractivity contribution is 6.31. The monoisotopic (exact) mass is 396 g/mol. The maximum absolute atomic E-state index is 12.4. The Labute approximate surface area is 168 Å². The molecule has 2 N–H and O–H groups in total. The van der Waals surface area contributed by atoms with Gasteiger partial charge in [0, 0.05) is 17.3 Å². The van der Waals surface area contributed by atoms with Crippen LogP contribution in [0.3, 0.4) is 0 Å². The molecule has 0 saturated heterocycles. The largest absolute Gasteiger partial charge is 0.497 e. The molecule has 0 atom stereocenters. The fourth-order valence-corrected chi connectivity index (χ4v) is 2.80. The fraction of sp³-hybridized carbons (Fsp3) is 0.190. The number of aromatic nitrogens is 2. The Morgan fingerprint density at radius 2 is 1.96 bits per heavy atom. The molecule has 0 saturated carbocycles. The number of amides is 1. The molecule has 0 unspecified atom stereocenters. The van der Waals surface area contributed by atoms with Crippen LogP contribution in [0.25, 0.3) is 0 Å². The highest BCUT2D eigenvalue weighted by Gasteiger charge is 2.11. The molecule has 0 aliphatic carbocycles. The number of carbonyl (C=O) groups is 1. The Hall–Kier alpha value is -3.12. The zero-order valence-electron chi connectivity index (χ0n) is 15.7. The van der Waals surface area contributed by atoms with Gasteiger partial charge in [0.25, 0.3) is 5.91 Å². The van der Waals surface area contributed by atoms with Gasteiger partial charge in [-0.25, -0.2) is 9.97 Å². The van der Waals surface area contributed by atoms with Crippen LogP contribution >= 0.6 is 11.6 Å². The first-order chi connectivity index (χ1) is 13.6. The summed E-state index contributed by atoms with van der Waals surface area (Å²) in [6.45, 7) is 2.54. The van der Waals surface area contributed by atoms with E-state index in [1.807, 2.05) is 31.2 Å². The van der Waals surface area contributed by atoms with Crippen molar-refractivity contribution < 1.29 is 9.53 Å². The number of anilines is 2. The van der Waals surface area contributed by atoms with E-state index in [1.165, 1.54) is 6.20 Å². The minimum Gasteiger partial charge on any atom is -0.497 e. The van der Waals surface area contributed by atoms with Crippen LogP contribution in [0.2, 0.25) is 5.02 Å². The third kappa shape index (κ3) is 4.98. The van der Waals surface area contributed by atoms with Crippen molar-refractivity contribution in [1.29, 1.82) is 0 Å². The first-order valence-electron chi connectivity index (χ1n) is 8.82. The second-order valence-corrected chi connectivity index (χ2v) is 6.59. The molecule has 1 aromatic heterocycles. The Morgan fingerprint density at radius 1 is 1.14 bits per heavy atom. The summed E-state index contributed by atoms with van der Waals surface area (Å²) in [7, 11) is 1.65. The molecule has 0 fully saturated rings. The van der Waals surface area contributed by atoms with E-state index in [2.05, 4.69) is 20.6 Å². The lowest BCUT2D eigenvalue weighted by molar-refractivity contribution is 0.102. The van der Waals surface area contributed by atoms with E-state index in [-0.39, 0.29) is 11.6 Å². The van der Waals surface area contributed by atoms with Gasteiger partial charge in [0.05, 0.1) is 19.5 Å². The maximum Gasteiger partial charge on any atom is 0.275 e. The van der Waals surface area contributed by atoms with Crippen LogP contribution in [0.15, 0.2) is 54.9 Å². The van der Waals surface area contributed by atoms with Crippen molar-refractivity contribution in [3.05, 3.63) is 76.7 Å². The predicted octanol–water partition coefficient (Wildman–Crippen LogP) is 4.35. The van der Waals surface area contributed by atoms with Crippen LogP contribution in [0.4, 0.5) is 11.5 Å². The summed E-state index contributed by atoms with van der Waals surface area (Å²) in [4.78, 5) is 20.8. The standard InChI is InChI=1S/C21H21ClN4O2/c1-14-17(22)7-4-8-18(14)26-21(27)19-12-25-20(13-24-19)23-10-9-15-5-3-6-16(11-15)28-2/h3-8,11-13H,9-10H2,1-2H3,(H,23,25)(H,26,27). The average molecular weight is 397 g/mol. The van der Waals surface area contributed by atoms with E-state index in [0.29, 0.717) is 23.1 Å². The predicted molar refractivity (Wildman–Crippen MR) is 111 cm³/mol. The molecule has 2 aromatic carbocycles. The molecule has 3 rings (SSSR count). The smallest absolute Gasteiger partial charge is 0.275 e. The normalized spacial score (nSPS) is 10.4. The summed E-state index contributed by atoms with van der Waals surface area (Å²) in [5.74, 6) is 1.11. The van der Waals surface area contributed by atoms with Crippen molar-refractivity contribution in [2.24, 2.45) is 0 Å². The highest BCUT2D eigenvalue weighted by atomic mass is 35.5. The van der Waals surface area contributed by atoms with E-state index in [4.69, 9.17) is 16.3 Å². The molecule has 1 amide bonds. The van der Waals surface area contributed by atoms with Gasteiger partial charge in [-0.05, 0) is 48.7 Å².